The van der Waals surface area contributed by atoms with Crippen molar-refractivity contribution in [2.24, 2.45) is 0 Å². The largest absolute Gasteiger partial charge is 0.465 e. The van der Waals surface area contributed by atoms with Crippen molar-refractivity contribution in [1.82, 2.24) is 0 Å². The monoisotopic (exact) mass is 330 g/mol. The molecule has 0 radical (unpaired) electrons. The fourth-order valence-corrected chi connectivity index (χ4v) is 2.07. The molecule has 0 fully saturated rings. The number of carbonyl (C=O) groups is 2. The van der Waals surface area contributed by atoms with Crippen molar-refractivity contribution in [2.45, 2.75) is 39.8 Å². The highest BCUT2D eigenvalue weighted by molar-refractivity contribution is 5.98. The quantitative estimate of drug-likeness (QED) is 0.490. The first-order chi connectivity index (χ1) is 11.3. The molecule has 128 valence electrons. The predicted molar refractivity (Wildman–Crippen MR) is 91.1 cm³/mol. The highest BCUT2D eigenvalue weighted by Gasteiger charge is 2.15. The first-order valence-electron chi connectivity index (χ1n) is 7.53. The molecule has 24 heavy (non-hydrogen) atoms. The molecule has 0 heterocycles. The molecule has 2 unspecified atom stereocenters. The van der Waals surface area contributed by atoms with Crippen LogP contribution in [-0.4, -0.2) is 31.2 Å². The van der Waals surface area contributed by atoms with E-state index < -0.39 is 5.97 Å². The topological polar surface area (TPSA) is 88.4 Å². The van der Waals surface area contributed by atoms with Crippen molar-refractivity contribution < 1.29 is 19.1 Å². The number of hydrogen-bond donors (Lipinski definition) is 1. The maximum Gasteiger partial charge on any atom is 0.348 e. The van der Waals surface area contributed by atoms with E-state index in [1.165, 1.54) is 20.1 Å². The van der Waals surface area contributed by atoms with E-state index in [-0.39, 0.29) is 23.7 Å². The van der Waals surface area contributed by atoms with Gasteiger partial charge in [0.25, 0.3) is 0 Å². The van der Waals surface area contributed by atoms with Crippen LogP contribution in [0.2, 0.25) is 0 Å². The Balaban J connectivity index is 2.92. The van der Waals surface area contributed by atoms with Crippen LogP contribution in [0, 0.1) is 18.3 Å². The zero-order valence-corrected chi connectivity index (χ0v) is 14.5. The summed E-state index contributed by atoms with van der Waals surface area (Å²) in [7, 11) is 1.24. The van der Waals surface area contributed by atoms with Gasteiger partial charge in [0.05, 0.1) is 13.2 Å². The zero-order chi connectivity index (χ0) is 18.3. The maximum atomic E-state index is 11.5. The summed E-state index contributed by atoms with van der Waals surface area (Å²) in [5, 5.41) is 12.3. The van der Waals surface area contributed by atoms with Crippen LogP contribution in [0.5, 0.6) is 0 Å². The standard InChI is InChI=1S/C18H22N2O4/c1-11-8-17(20-12(2)13(3)24-14(4)21)7-6-15(11)9-16(10-19)18(22)23-5/h6-9,12-13,20H,1-5H3. The highest BCUT2D eigenvalue weighted by Crippen LogP contribution is 2.19. The molecule has 0 aliphatic carbocycles. The van der Waals surface area contributed by atoms with Gasteiger partial charge >= 0.3 is 11.9 Å². The molecule has 0 bridgehead atoms. The number of aryl methyl sites for hydroxylation is 1. The normalized spacial score (nSPS) is 13.4. The Morgan fingerprint density at radius 3 is 2.50 bits per heavy atom. The second-order valence-electron chi connectivity index (χ2n) is 5.48. The van der Waals surface area contributed by atoms with Crippen LogP contribution in [0.3, 0.4) is 0 Å². The van der Waals surface area contributed by atoms with Gasteiger partial charge in [0.15, 0.2) is 0 Å². The minimum Gasteiger partial charge on any atom is -0.465 e. The molecular weight excluding hydrogens is 308 g/mol. The third-order valence-electron chi connectivity index (χ3n) is 3.55. The minimum atomic E-state index is -0.664. The van der Waals surface area contributed by atoms with E-state index >= 15 is 0 Å². The third-order valence-corrected chi connectivity index (χ3v) is 3.55. The van der Waals surface area contributed by atoms with E-state index in [1.54, 1.807) is 6.07 Å². The Morgan fingerprint density at radius 1 is 1.33 bits per heavy atom. The van der Waals surface area contributed by atoms with Crippen LogP contribution in [-0.2, 0) is 19.1 Å². The molecule has 0 saturated heterocycles. The van der Waals surface area contributed by atoms with Crippen LogP contribution in [0.4, 0.5) is 5.69 Å². The Kier molecular flexibility index (Phi) is 6.99. The number of methoxy groups -OCH3 is 1. The van der Waals surface area contributed by atoms with Gasteiger partial charge in [-0.15, -0.1) is 0 Å². The van der Waals surface area contributed by atoms with Crippen molar-refractivity contribution in [3.8, 4) is 6.07 Å². The Labute approximate surface area is 142 Å². The molecule has 6 heteroatoms. The Morgan fingerprint density at radius 2 is 2.00 bits per heavy atom. The number of rotatable bonds is 6. The highest BCUT2D eigenvalue weighted by atomic mass is 16.5. The van der Waals surface area contributed by atoms with Gasteiger partial charge in [0.1, 0.15) is 17.7 Å². The summed E-state index contributed by atoms with van der Waals surface area (Å²) >= 11 is 0. The van der Waals surface area contributed by atoms with Gasteiger partial charge in [0.2, 0.25) is 0 Å². The maximum absolute atomic E-state index is 11.5. The molecule has 1 rings (SSSR count). The average molecular weight is 330 g/mol. The average Bonchev–Trinajstić information content (AvgIpc) is 2.52. The summed E-state index contributed by atoms with van der Waals surface area (Å²) in [6.07, 6.45) is 1.22. The van der Waals surface area contributed by atoms with Crippen LogP contribution in [0.1, 0.15) is 31.9 Å². The molecule has 1 aromatic rings. The van der Waals surface area contributed by atoms with Gasteiger partial charge in [0, 0.05) is 12.6 Å². The van der Waals surface area contributed by atoms with Gasteiger partial charge in [-0.2, -0.15) is 5.26 Å². The van der Waals surface area contributed by atoms with Crippen LogP contribution < -0.4 is 5.32 Å². The molecule has 1 aromatic carbocycles. The smallest absolute Gasteiger partial charge is 0.348 e. The summed E-state index contributed by atoms with van der Waals surface area (Å²) in [4.78, 5) is 22.5. The van der Waals surface area contributed by atoms with Crippen molar-refractivity contribution in [3.63, 3.8) is 0 Å². The molecule has 0 amide bonds. The van der Waals surface area contributed by atoms with Crippen LogP contribution in [0.25, 0.3) is 6.08 Å². The summed E-state index contributed by atoms with van der Waals surface area (Å²) in [5.41, 5.74) is 2.44. The number of nitrogens with zero attached hydrogens (tertiary/aromatic N) is 1. The van der Waals surface area contributed by atoms with E-state index in [9.17, 15) is 9.59 Å². The second-order valence-corrected chi connectivity index (χ2v) is 5.48. The molecule has 0 aliphatic heterocycles. The Bertz CT molecular complexity index is 689. The van der Waals surface area contributed by atoms with E-state index in [4.69, 9.17) is 10.00 Å². The van der Waals surface area contributed by atoms with Gasteiger partial charge in [-0.25, -0.2) is 4.79 Å². The number of hydrogen-bond acceptors (Lipinski definition) is 6. The first-order valence-corrected chi connectivity index (χ1v) is 7.53. The lowest BCUT2D eigenvalue weighted by atomic mass is 10.0. The lowest BCUT2D eigenvalue weighted by Crippen LogP contribution is -2.31. The molecule has 6 nitrogen and oxygen atoms in total. The lowest BCUT2D eigenvalue weighted by Gasteiger charge is -2.22. The number of benzene rings is 1. The Hall–Kier alpha value is -2.81. The number of nitrogens with one attached hydrogen (secondary N) is 1. The van der Waals surface area contributed by atoms with E-state index in [0.717, 1.165) is 16.8 Å². The van der Waals surface area contributed by atoms with Crippen molar-refractivity contribution in [2.75, 3.05) is 12.4 Å². The summed E-state index contributed by atoms with van der Waals surface area (Å²) < 4.78 is 9.71. The molecular formula is C18H22N2O4. The molecule has 1 N–H and O–H groups in total. The predicted octanol–water partition coefficient (Wildman–Crippen LogP) is 2.83. The summed E-state index contributed by atoms with van der Waals surface area (Å²) in [6, 6.07) is 7.30. The van der Waals surface area contributed by atoms with Crippen molar-refractivity contribution >= 4 is 23.7 Å². The van der Waals surface area contributed by atoms with Crippen molar-refractivity contribution in [1.29, 1.82) is 5.26 Å². The van der Waals surface area contributed by atoms with E-state index in [0.29, 0.717) is 0 Å². The van der Waals surface area contributed by atoms with Gasteiger partial charge in [-0.05, 0) is 50.1 Å². The summed E-state index contributed by atoms with van der Waals surface area (Å²) in [5.74, 6) is -0.984. The molecule has 0 saturated carbocycles. The second kappa shape index (κ2) is 8.73. The lowest BCUT2D eigenvalue weighted by molar-refractivity contribution is -0.146. The number of anilines is 1. The third kappa shape index (κ3) is 5.43. The molecule has 0 spiro atoms. The fourth-order valence-electron chi connectivity index (χ4n) is 2.07. The van der Waals surface area contributed by atoms with Crippen LogP contribution >= 0.6 is 0 Å². The fraction of sp³-hybridized carbons (Fsp3) is 0.389. The van der Waals surface area contributed by atoms with E-state index in [2.05, 4.69) is 10.1 Å². The SMILES string of the molecule is COC(=O)C(C#N)=Cc1ccc(NC(C)C(C)OC(C)=O)cc1C. The van der Waals surface area contributed by atoms with E-state index in [1.807, 2.05) is 39.0 Å². The van der Waals surface area contributed by atoms with Gasteiger partial charge in [-0.3, -0.25) is 4.79 Å². The van der Waals surface area contributed by atoms with Gasteiger partial charge < -0.3 is 14.8 Å². The number of carbonyl (C=O) groups excluding carboxylic acids is 2. The number of esters is 2. The van der Waals surface area contributed by atoms with Gasteiger partial charge in [-0.1, -0.05) is 6.07 Å². The number of ether oxygens (including phenoxy) is 2. The number of nitriles is 1. The molecule has 2 atom stereocenters. The first kappa shape index (κ1) is 19.2. The van der Waals surface area contributed by atoms with Crippen LogP contribution in [0.15, 0.2) is 23.8 Å². The van der Waals surface area contributed by atoms with Crippen molar-refractivity contribution in [3.05, 3.63) is 34.9 Å². The molecule has 0 aromatic heterocycles. The summed E-state index contributed by atoms with van der Waals surface area (Å²) in [6.45, 7) is 6.99. The molecule has 0 aliphatic rings. The zero-order valence-electron chi connectivity index (χ0n) is 14.5. The minimum absolute atomic E-state index is 0.0573.